The molecule has 1 saturated heterocycles. The Labute approximate surface area is 125 Å². The Kier molecular flexibility index (Phi) is 4.68. The van der Waals surface area contributed by atoms with Gasteiger partial charge in [-0.25, -0.2) is 0 Å². The molecule has 2 rings (SSSR count). The molecule has 0 aliphatic carbocycles. The van der Waals surface area contributed by atoms with Gasteiger partial charge in [0.1, 0.15) is 0 Å². The Balaban J connectivity index is 2.10. The fourth-order valence-corrected chi connectivity index (χ4v) is 3.08. The van der Waals surface area contributed by atoms with E-state index in [1.165, 1.54) is 0 Å². The molecule has 0 bridgehead atoms. The number of amides is 1. The molecule has 0 radical (unpaired) electrons. The minimum absolute atomic E-state index is 0.0350. The molecule has 1 amide bonds. The maximum atomic E-state index is 12.4. The fourth-order valence-electron chi connectivity index (χ4n) is 3.08. The third-order valence-electron chi connectivity index (χ3n) is 4.66. The number of aryl methyl sites for hydroxylation is 2. The number of rotatable bonds is 4. The second kappa shape index (κ2) is 6.15. The second-order valence-electron chi connectivity index (χ2n) is 6.08. The van der Waals surface area contributed by atoms with Crippen LogP contribution < -0.4 is 0 Å². The predicted octanol–water partition coefficient (Wildman–Crippen LogP) is 0.714. The van der Waals surface area contributed by atoms with Gasteiger partial charge in [-0.05, 0) is 25.8 Å². The predicted molar refractivity (Wildman–Crippen MR) is 78.9 cm³/mol. The lowest BCUT2D eigenvalue weighted by atomic mass is 9.73. The zero-order valence-electron chi connectivity index (χ0n) is 13.0. The molecule has 0 aromatic carbocycles. The number of hydrogen-bond acceptors (Lipinski definition) is 4. The van der Waals surface area contributed by atoms with Crippen LogP contribution in [0.15, 0.2) is 6.07 Å². The van der Waals surface area contributed by atoms with E-state index in [1.807, 2.05) is 13.8 Å². The van der Waals surface area contributed by atoms with Crippen molar-refractivity contribution < 1.29 is 15.0 Å². The lowest BCUT2D eigenvalue weighted by Gasteiger charge is -2.44. The first-order valence-corrected chi connectivity index (χ1v) is 7.52. The van der Waals surface area contributed by atoms with Crippen molar-refractivity contribution in [3.8, 4) is 0 Å². The van der Waals surface area contributed by atoms with E-state index in [-0.39, 0.29) is 19.1 Å². The molecule has 1 fully saturated rings. The molecule has 1 aromatic heterocycles. The van der Waals surface area contributed by atoms with E-state index >= 15 is 0 Å². The summed E-state index contributed by atoms with van der Waals surface area (Å²) in [6.07, 6.45) is 1.61. The van der Waals surface area contributed by atoms with E-state index in [0.717, 1.165) is 18.5 Å². The Morgan fingerprint density at radius 1 is 1.57 bits per heavy atom. The molecule has 2 atom stereocenters. The third kappa shape index (κ3) is 2.96. The van der Waals surface area contributed by atoms with Crippen LogP contribution in [0, 0.1) is 12.3 Å². The highest BCUT2D eigenvalue weighted by atomic mass is 16.3. The Hall–Kier alpha value is -1.40. The van der Waals surface area contributed by atoms with Crippen LogP contribution in [0.25, 0.3) is 0 Å². The van der Waals surface area contributed by atoms with Gasteiger partial charge in [-0.1, -0.05) is 13.3 Å². The van der Waals surface area contributed by atoms with Gasteiger partial charge >= 0.3 is 0 Å². The van der Waals surface area contributed by atoms with Gasteiger partial charge in [0.2, 0.25) is 0 Å². The van der Waals surface area contributed by atoms with Crippen LogP contribution in [-0.2, 0) is 7.05 Å². The van der Waals surface area contributed by atoms with E-state index in [0.29, 0.717) is 18.7 Å². The first kappa shape index (κ1) is 16.0. The first-order chi connectivity index (χ1) is 9.93. The van der Waals surface area contributed by atoms with E-state index in [4.69, 9.17) is 0 Å². The Morgan fingerprint density at radius 3 is 2.76 bits per heavy atom. The van der Waals surface area contributed by atoms with Crippen LogP contribution in [0.3, 0.4) is 0 Å². The molecule has 1 aromatic rings. The summed E-state index contributed by atoms with van der Waals surface area (Å²) < 4.78 is 1.67. The standard InChI is InChI=1S/C15H25N3O3/c1-4-5-15(10-19)6-7-18(9-13(15)20)14(21)12-8-11(2)17(3)16-12/h8,13,19-20H,4-7,9-10H2,1-3H3/t13-,15+/m0/s1. The van der Waals surface area contributed by atoms with Crippen molar-refractivity contribution in [2.45, 2.75) is 39.2 Å². The van der Waals surface area contributed by atoms with E-state index in [1.54, 1.807) is 22.7 Å². The number of aliphatic hydroxyl groups excluding tert-OH is 2. The van der Waals surface area contributed by atoms with Gasteiger partial charge in [-0.2, -0.15) is 5.10 Å². The van der Waals surface area contributed by atoms with Crippen LogP contribution in [0.5, 0.6) is 0 Å². The average molecular weight is 295 g/mol. The maximum Gasteiger partial charge on any atom is 0.274 e. The Bertz CT molecular complexity index is 495. The van der Waals surface area contributed by atoms with Crippen molar-refractivity contribution in [3.63, 3.8) is 0 Å². The van der Waals surface area contributed by atoms with Crippen LogP contribution in [-0.4, -0.2) is 56.6 Å². The van der Waals surface area contributed by atoms with Gasteiger partial charge < -0.3 is 15.1 Å². The van der Waals surface area contributed by atoms with Gasteiger partial charge in [0.05, 0.1) is 12.7 Å². The lowest BCUT2D eigenvalue weighted by molar-refractivity contribution is -0.0714. The summed E-state index contributed by atoms with van der Waals surface area (Å²) >= 11 is 0. The zero-order valence-corrected chi connectivity index (χ0v) is 13.0. The number of β-amino-alcohol motifs (C(OH)–C–C–N with tert-alkyl or cyclic N) is 1. The van der Waals surface area contributed by atoms with Crippen molar-refractivity contribution in [1.29, 1.82) is 0 Å². The number of carbonyl (C=O) groups excluding carboxylic acids is 1. The van der Waals surface area contributed by atoms with E-state index < -0.39 is 11.5 Å². The highest BCUT2D eigenvalue weighted by molar-refractivity contribution is 5.92. The van der Waals surface area contributed by atoms with Gasteiger partial charge in [-0.15, -0.1) is 0 Å². The van der Waals surface area contributed by atoms with Gasteiger partial charge in [0, 0.05) is 31.2 Å². The van der Waals surface area contributed by atoms with Crippen LogP contribution in [0.1, 0.15) is 42.4 Å². The molecule has 0 unspecified atom stereocenters. The number of likely N-dealkylation sites (tertiary alicyclic amines) is 1. The number of nitrogens with zero attached hydrogens (tertiary/aromatic N) is 3. The van der Waals surface area contributed by atoms with Crippen molar-refractivity contribution in [3.05, 3.63) is 17.5 Å². The summed E-state index contributed by atoms with van der Waals surface area (Å²) in [5.41, 5.74) is 0.867. The molecule has 6 heteroatoms. The lowest BCUT2D eigenvalue weighted by Crippen LogP contribution is -2.54. The van der Waals surface area contributed by atoms with Crippen LogP contribution >= 0.6 is 0 Å². The minimum Gasteiger partial charge on any atom is -0.396 e. The SMILES string of the molecule is CCC[C@]1(CO)CCN(C(=O)c2cc(C)n(C)n2)C[C@@H]1O. The van der Waals surface area contributed by atoms with Crippen LogP contribution in [0.4, 0.5) is 0 Å². The smallest absolute Gasteiger partial charge is 0.274 e. The molecular formula is C15H25N3O3. The molecule has 118 valence electrons. The van der Waals surface area contributed by atoms with Crippen molar-refractivity contribution >= 4 is 5.91 Å². The van der Waals surface area contributed by atoms with E-state index in [2.05, 4.69) is 5.10 Å². The fraction of sp³-hybridized carbons (Fsp3) is 0.733. The second-order valence-corrected chi connectivity index (χ2v) is 6.08. The van der Waals surface area contributed by atoms with Gasteiger partial charge in [0.25, 0.3) is 5.91 Å². The quantitative estimate of drug-likeness (QED) is 0.857. The summed E-state index contributed by atoms with van der Waals surface area (Å²) in [5.74, 6) is -0.152. The van der Waals surface area contributed by atoms with Gasteiger partial charge in [0.15, 0.2) is 5.69 Å². The van der Waals surface area contributed by atoms with Crippen LogP contribution in [0.2, 0.25) is 0 Å². The topological polar surface area (TPSA) is 78.6 Å². The number of carbonyl (C=O) groups is 1. The molecule has 1 aliphatic rings. The van der Waals surface area contributed by atoms with Gasteiger partial charge in [-0.3, -0.25) is 9.48 Å². The average Bonchev–Trinajstić information content (AvgIpc) is 2.80. The summed E-state index contributed by atoms with van der Waals surface area (Å²) in [7, 11) is 1.80. The molecule has 0 saturated carbocycles. The van der Waals surface area contributed by atoms with E-state index in [9.17, 15) is 15.0 Å². The van der Waals surface area contributed by atoms with Crippen molar-refractivity contribution in [2.24, 2.45) is 12.5 Å². The number of aromatic nitrogens is 2. The summed E-state index contributed by atoms with van der Waals surface area (Å²) in [5, 5.41) is 24.2. The highest BCUT2D eigenvalue weighted by Crippen LogP contribution is 2.36. The molecule has 6 nitrogen and oxygen atoms in total. The molecule has 0 spiro atoms. The van der Waals surface area contributed by atoms with Crippen molar-refractivity contribution in [2.75, 3.05) is 19.7 Å². The minimum atomic E-state index is -0.690. The molecular weight excluding hydrogens is 270 g/mol. The zero-order chi connectivity index (χ0) is 15.6. The third-order valence-corrected chi connectivity index (χ3v) is 4.66. The van der Waals surface area contributed by atoms with Crippen molar-refractivity contribution in [1.82, 2.24) is 14.7 Å². The number of piperidine rings is 1. The largest absolute Gasteiger partial charge is 0.396 e. The molecule has 21 heavy (non-hydrogen) atoms. The molecule has 1 aliphatic heterocycles. The number of hydrogen-bond donors (Lipinski definition) is 2. The monoisotopic (exact) mass is 295 g/mol. The first-order valence-electron chi connectivity index (χ1n) is 7.52. The normalized spacial score (nSPS) is 26.1. The summed E-state index contributed by atoms with van der Waals surface area (Å²) in [6.45, 7) is 4.71. The summed E-state index contributed by atoms with van der Waals surface area (Å²) in [6, 6.07) is 1.76. The number of aliphatic hydroxyl groups is 2. The maximum absolute atomic E-state index is 12.4. The summed E-state index contributed by atoms with van der Waals surface area (Å²) in [4.78, 5) is 14.1. The molecule has 2 heterocycles. The Morgan fingerprint density at radius 2 is 2.29 bits per heavy atom. The molecule has 2 N–H and O–H groups in total. The highest BCUT2D eigenvalue weighted by Gasteiger charge is 2.42.